The molecule has 1 N–H and O–H groups in total. The summed E-state index contributed by atoms with van der Waals surface area (Å²) in [5, 5.41) is 3.49. The largest absolute Gasteiger partial charge is 0.491 e. The van der Waals surface area contributed by atoms with Crippen molar-refractivity contribution >= 4 is 37.8 Å². The lowest BCUT2D eigenvalue weighted by molar-refractivity contribution is -0.189. The summed E-state index contributed by atoms with van der Waals surface area (Å²) in [6.45, 7) is 3.09. The monoisotopic (exact) mass is 526 g/mol. The number of alkyl halides is 3. The van der Waals surface area contributed by atoms with Gasteiger partial charge in [-0.15, -0.1) is 0 Å². The topological polar surface area (TPSA) is 85.7 Å². The van der Waals surface area contributed by atoms with E-state index in [0.29, 0.717) is 40.4 Å². The molecule has 1 aliphatic rings. The molecule has 1 aliphatic carbocycles. The number of aryl methyl sites for hydroxylation is 1. The molecule has 0 radical (unpaired) electrons. The van der Waals surface area contributed by atoms with E-state index in [1.807, 2.05) is 0 Å². The normalized spacial score (nSPS) is 15.0. The lowest BCUT2D eigenvalue weighted by atomic mass is 10.1. The van der Waals surface area contributed by atoms with Crippen LogP contribution in [0.5, 0.6) is 11.5 Å². The van der Waals surface area contributed by atoms with E-state index in [0.717, 1.165) is 31.9 Å². The standard InChI is InChI=1S/C24H26F4N4O3S/c1-13-21-18(10-19(32-36(3,4)33)22(13)34-11-15-5-6-15)29-12-30-23(21)31-17-8-7-16(25)9-20(17)35-14(2)24(26,27)28/h7-10,12,14-15H,5-6,11H2,1-4H3,(H,29,30,31)/t14-/m1/s1. The van der Waals surface area contributed by atoms with Crippen LogP contribution in [0, 0.1) is 18.7 Å². The maximum absolute atomic E-state index is 13.9. The number of ether oxygens (including phenoxy) is 2. The van der Waals surface area contributed by atoms with E-state index in [2.05, 4.69) is 19.6 Å². The summed E-state index contributed by atoms with van der Waals surface area (Å²) in [6.07, 6.45) is -0.352. The number of rotatable bonds is 8. The minimum atomic E-state index is -4.63. The molecule has 194 valence electrons. The van der Waals surface area contributed by atoms with Crippen LogP contribution in [0.25, 0.3) is 10.9 Å². The van der Waals surface area contributed by atoms with Crippen LogP contribution in [-0.4, -0.2) is 45.6 Å². The van der Waals surface area contributed by atoms with Gasteiger partial charge >= 0.3 is 6.18 Å². The minimum Gasteiger partial charge on any atom is -0.491 e. The molecule has 2 aromatic carbocycles. The van der Waals surface area contributed by atoms with Crippen LogP contribution in [0.4, 0.5) is 34.8 Å². The summed E-state index contributed by atoms with van der Waals surface area (Å²) in [4.78, 5) is 8.57. The van der Waals surface area contributed by atoms with Gasteiger partial charge in [-0.3, -0.25) is 0 Å². The van der Waals surface area contributed by atoms with Crippen molar-refractivity contribution in [1.82, 2.24) is 9.97 Å². The van der Waals surface area contributed by atoms with Crippen molar-refractivity contribution in [1.29, 1.82) is 0 Å². The molecule has 1 heterocycles. The van der Waals surface area contributed by atoms with Crippen LogP contribution >= 0.6 is 0 Å². The molecule has 0 unspecified atom stereocenters. The molecule has 4 rings (SSSR count). The second-order valence-electron chi connectivity index (χ2n) is 9.06. The Morgan fingerprint density at radius 1 is 1.22 bits per heavy atom. The number of nitrogens with zero attached hydrogens (tertiary/aromatic N) is 3. The second kappa shape index (κ2) is 9.72. The molecule has 0 aliphatic heterocycles. The van der Waals surface area contributed by atoms with E-state index in [1.165, 1.54) is 24.9 Å². The Morgan fingerprint density at radius 3 is 2.58 bits per heavy atom. The number of nitrogens with one attached hydrogen (secondary N) is 1. The lowest BCUT2D eigenvalue weighted by Gasteiger charge is -2.21. The highest BCUT2D eigenvalue weighted by molar-refractivity contribution is 7.92. The molecule has 36 heavy (non-hydrogen) atoms. The van der Waals surface area contributed by atoms with E-state index >= 15 is 0 Å². The molecule has 3 aromatic rings. The molecular formula is C24H26F4N4O3S. The van der Waals surface area contributed by atoms with Crippen LogP contribution in [-0.2, 0) is 9.73 Å². The fraction of sp³-hybridized carbons (Fsp3) is 0.417. The maximum Gasteiger partial charge on any atom is 0.425 e. The average molecular weight is 527 g/mol. The van der Waals surface area contributed by atoms with Gasteiger partial charge in [-0.1, -0.05) is 0 Å². The summed E-state index contributed by atoms with van der Waals surface area (Å²) >= 11 is 0. The Balaban J connectivity index is 1.80. The highest BCUT2D eigenvalue weighted by atomic mass is 32.2. The van der Waals surface area contributed by atoms with Crippen molar-refractivity contribution in [3.63, 3.8) is 0 Å². The molecule has 1 fully saturated rings. The van der Waals surface area contributed by atoms with Gasteiger partial charge in [0, 0.05) is 39.3 Å². The summed E-state index contributed by atoms with van der Waals surface area (Å²) in [5.74, 6) is 0.0611. The van der Waals surface area contributed by atoms with Gasteiger partial charge in [0.05, 0.1) is 17.8 Å². The van der Waals surface area contributed by atoms with Gasteiger partial charge in [-0.05, 0) is 50.8 Å². The van der Waals surface area contributed by atoms with Crippen LogP contribution in [0.3, 0.4) is 0 Å². The van der Waals surface area contributed by atoms with E-state index < -0.39 is 27.8 Å². The summed E-state index contributed by atoms with van der Waals surface area (Å²) in [5.41, 5.74) is 1.56. The number of halogens is 4. The third-order valence-electron chi connectivity index (χ3n) is 5.54. The average Bonchev–Trinajstić information content (AvgIpc) is 3.58. The Hall–Kier alpha value is -3.15. The third-order valence-corrected chi connectivity index (χ3v) is 6.17. The van der Waals surface area contributed by atoms with E-state index in [1.54, 1.807) is 13.0 Å². The first-order valence-corrected chi connectivity index (χ1v) is 13.5. The van der Waals surface area contributed by atoms with Crippen LogP contribution in [0.15, 0.2) is 35.0 Å². The summed E-state index contributed by atoms with van der Waals surface area (Å²) < 4.78 is 81.0. The van der Waals surface area contributed by atoms with Crippen LogP contribution < -0.4 is 14.8 Å². The van der Waals surface area contributed by atoms with Gasteiger partial charge in [-0.2, -0.15) is 17.5 Å². The van der Waals surface area contributed by atoms with Crippen molar-refractivity contribution in [3.05, 3.63) is 42.0 Å². The van der Waals surface area contributed by atoms with Crippen molar-refractivity contribution in [3.8, 4) is 11.5 Å². The predicted octanol–water partition coefficient (Wildman–Crippen LogP) is 6.30. The molecule has 1 aromatic heterocycles. The van der Waals surface area contributed by atoms with Crippen molar-refractivity contribution < 1.29 is 31.2 Å². The maximum atomic E-state index is 13.9. The third kappa shape index (κ3) is 6.15. The highest BCUT2D eigenvalue weighted by Crippen LogP contribution is 2.42. The lowest BCUT2D eigenvalue weighted by Crippen LogP contribution is -2.31. The number of benzene rings is 2. The van der Waals surface area contributed by atoms with Gasteiger partial charge in [0.1, 0.15) is 35.1 Å². The van der Waals surface area contributed by atoms with Gasteiger partial charge in [-0.25, -0.2) is 18.6 Å². The fourth-order valence-electron chi connectivity index (χ4n) is 3.53. The second-order valence-corrected chi connectivity index (χ2v) is 11.6. The zero-order valence-electron chi connectivity index (χ0n) is 20.1. The van der Waals surface area contributed by atoms with Gasteiger partial charge in [0.2, 0.25) is 0 Å². The molecule has 0 amide bonds. The highest BCUT2D eigenvalue weighted by Gasteiger charge is 2.38. The van der Waals surface area contributed by atoms with E-state index in [-0.39, 0.29) is 17.3 Å². The summed E-state index contributed by atoms with van der Waals surface area (Å²) in [6, 6.07) is 4.89. The molecule has 0 spiro atoms. The minimum absolute atomic E-state index is 0.0891. The molecular weight excluding hydrogens is 500 g/mol. The fourth-order valence-corrected chi connectivity index (χ4v) is 4.14. The van der Waals surface area contributed by atoms with Crippen molar-refractivity contribution in [2.45, 2.75) is 39.0 Å². The van der Waals surface area contributed by atoms with Gasteiger partial charge in [0.25, 0.3) is 0 Å². The Morgan fingerprint density at radius 2 is 1.94 bits per heavy atom. The Kier molecular flexibility index (Phi) is 7.00. The first-order chi connectivity index (χ1) is 16.8. The SMILES string of the molecule is Cc1c(OCC2CC2)c(N=S(C)(C)=O)cc2ncnc(Nc3ccc(F)cc3O[C@H](C)C(F)(F)F)c12. The van der Waals surface area contributed by atoms with Crippen molar-refractivity contribution in [2.24, 2.45) is 10.3 Å². The number of fused-ring (bicyclic) bond motifs is 1. The number of hydrogen-bond donors (Lipinski definition) is 1. The first-order valence-electron chi connectivity index (χ1n) is 11.2. The molecule has 7 nitrogen and oxygen atoms in total. The molecule has 1 saturated carbocycles. The van der Waals surface area contributed by atoms with Crippen LogP contribution in [0.2, 0.25) is 0 Å². The number of anilines is 2. The van der Waals surface area contributed by atoms with E-state index in [9.17, 15) is 21.8 Å². The first kappa shape index (κ1) is 25.9. The van der Waals surface area contributed by atoms with E-state index in [4.69, 9.17) is 9.47 Å². The zero-order valence-corrected chi connectivity index (χ0v) is 21.0. The molecule has 0 bridgehead atoms. The van der Waals surface area contributed by atoms with Gasteiger partial charge < -0.3 is 14.8 Å². The smallest absolute Gasteiger partial charge is 0.425 e. The summed E-state index contributed by atoms with van der Waals surface area (Å²) in [7, 11) is -2.51. The molecule has 0 saturated heterocycles. The Labute approximate surface area is 206 Å². The molecule has 1 atom stereocenters. The number of aromatic nitrogens is 2. The van der Waals surface area contributed by atoms with Crippen molar-refractivity contribution in [2.75, 3.05) is 24.4 Å². The van der Waals surface area contributed by atoms with Crippen LogP contribution in [0.1, 0.15) is 25.3 Å². The molecule has 12 heteroatoms. The zero-order chi connectivity index (χ0) is 26.3. The van der Waals surface area contributed by atoms with Gasteiger partial charge in [0.15, 0.2) is 6.10 Å². The number of hydrogen-bond acceptors (Lipinski definition) is 7. The Bertz CT molecular complexity index is 1410. The quantitative estimate of drug-likeness (QED) is 0.347. The predicted molar refractivity (Wildman–Crippen MR) is 130 cm³/mol.